The van der Waals surface area contributed by atoms with Gasteiger partial charge in [0.25, 0.3) is 0 Å². The highest BCUT2D eigenvalue weighted by Crippen LogP contribution is 2.53. The van der Waals surface area contributed by atoms with Gasteiger partial charge in [-0.15, -0.1) is 0 Å². The van der Waals surface area contributed by atoms with Crippen molar-refractivity contribution in [3.63, 3.8) is 0 Å². The lowest BCUT2D eigenvalue weighted by atomic mass is 9.78. The maximum Gasteiger partial charge on any atom is -0.000763 e. The molecule has 0 saturated carbocycles. The van der Waals surface area contributed by atoms with Crippen LogP contribution in [0.2, 0.25) is 0 Å². The van der Waals surface area contributed by atoms with Crippen molar-refractivity contribution in [1.29, 1.82) is 0 Å². The summed E-state index contributed by atoms with van der Waals surface area (Å²) < 4.78 is 0. The molecule has 0 radical (unpaired) electrons. The second-order valence-corrected chi connectivity index (χ2v) is 20.3. The Morgan fingerprint density at radius 1 is 0.141 bits per heavy atom. The van der Waals surface area contributed by atoms with E-state index in [9.17, 15) is 0 Å². The molecule has 14 aromatic rings. The van der Waals surface area contributed by atoms with Gasteiger partial charge in [0.1, 0.15) is 0 Å². The first-order valence-corrected chi connectivity index (χ1v) is 27.0. The maximum absolute atomic E-state index is 2.51. The number of benzene rings is 14. The van der Waals surface area contributed by atoms with Crippen LogP contribution in [0.3, 0.4) is 0 Å². The third-order valence-electron chi connectivity index (χ3n) is 15.7. The monoisotopic (exact) mass is 988 g/mol. The van der Waals surface area contributed by atoms with Crippen molar-refractivity contribution >= 4 is 32.3 Å². The third kappa shape index (κ3) is 8.66. The van der Waals surface area contributed by atoms with Crippen LogP contribution in [0, 0.1) is 0 Å². The molecule has 0 bridgehead atoms. The van der Waals surface area contributed by atoms with E-state index in [1.807, 2.05) is 0 Å². The molecule has 0 N–H and O–H groups in total. The molecule has 0 amide bonds. The summed E-state index contributed by atoms with van der Waals surface area (Å²) in [5, 5.41) is 7.23. The predicted octanol–water partition coefficient (Wildman–Crippen LogP) is 21.8. The second-order valence-electron chi connectivity index (χ2n) is 20.3. The van der Waals surface area contributed by atoms with Gasteiger partial charge in [-0.1, -0.05) is 291 Å². The van der Waals surface area contributed by atoms with Gasteiger partial charge in [0.2, 0.25) is 0 Å². The highest BCUT2D eigenvalue weighted by Gasteiger charge is 2.26. The van der Waals surface area contributed by atoms with Crippen molar-refractivity contribution in [3.05, 3.63) is 315 Å². The molecule has 0 aliphatic carbocycles. The van der Waals surface area contributed by atoms with E-state index in [1.165, 1.54) is 127 Å². The maximum atomic E-state index is 2.51. The Labute approximate surface area is 456 Å². The van der Waals surface area contributed by atoms with E-state index < -0.39 is 0 Å². The fourth-order valence-corrected chi connectivity index (χ4v) is 11.8. The molecular formula is C78H52. The van der Waals surface area contributed by atoms with Crippen LogP contribution in [-0.4, -0.2) is 0 Å². The van der Waals surface area contributed by atoms with E-state index in [2.05, 4.69) is 315 Å². The normalized spacial score (nSPS) is 11.3. The zero-order valence-electron chi connectivity index (χ0n) is 43.0. The Kier molecular flexibility index (Phi) is 12.0. The molecule has 0 spiro atoms. The highest BCUT2D eigenvalue weighted by molar-refractivity contribution is 6.31. The van der Waals surface area contributed by atoms with E-state index in [4.69, 9.17) is 0 Å². The third-order valence-corrected chi connectivity index (χ3v) is 15.7. The molecule has 364 valence electrons. The topological polar surface area (TPSA) is 0 Å². The SMILES string of the molecule is c1ccc(-c2ccc(-c3cc(-c4ccccc4)cc4c(-c5ccc(-c6ccccc6)cc5)c5c(-c6ccc(-c7ccccc7)cc6)c6ccc(-c7ccccc7)cc6cc5c(-c5ccc(-c6ccccc6)cc5)c34)cc2)cc1. The Morgan fingerprint density at radius 2 is 0.410 bits per heavy atom. The summed E-state index contributed by atoms with van der Waals surface area (Å²) in [7, 11) is 0. The first kappa shape index (κ1) is 46.4. The van der Waals surface area contributed by atoms with E-state index >= 15 is 0 Å². The fraction of sp³-hybridized carbons (Fsp3) is 0. The van der Waals surface area contributed by atoms with Crippen LogP contribution in [0.5, 0.6) is 0 Å². The Balaban J connectivity index is 1.17. The van der Waals surface area contributed by atoms with Crippen LogP contribution in [-0.2, 0) is 0 Å². The number of fused-ring (bicyclic) bond motifs is 3. The predicted molar refractivity (Wildman–Crippen MR) is 333 cm³/mol. The van der Waals surface area contributed by atoms with Crippen LogP contribution in [0.15, 0.2) is 315 Å². The summed E-state index contributed by atoms with van der Waals surface area (Å²) in [6.45, 7) is 0. The Bertz CT molecular complexity index is 4420. The molecule has 0 unspecified atom stereocenters. The average Bonchev–Trinajstić information content (AvgIpc) is 3.71. The van der Waals surface area contributed by atoms with E-state index in [-0.39, 0.29) is 0 Å². The molecule has 78 heavy (non-hydrogen) atoms. The van der Waals surface area contributed by atoms with Crippen molar-refractivity contribution in [2.75, 3.05) is 0 Å². The lowest BCUT2D eigenvalue weighted by molar-refractivity contribution is 1.58. The summed E-state index contributed by atoms with van der Waals surface area (Å²) >= 11 is 0. The lowest BCUT2D eigenvalue weighted by Gasteiger charge is -2.25. The van der Waals surface area contributed by atoms with Crippen molar-refractivity contribution in [2.45, 2.75) is 0 Å². The second kappa shape index (κ2) is 20.2. The molecule has 0 nitrogen and oxygen atoms in total. The van der Waals surface area contributed by atoms with Gasteiger partial charge in [-0.05, 0) is 168 Å². The first-order valence-electron chi connectivity index (χ1n) is 27.0. The molecule has 0 heteroatoms. The minimum atomic E-state index is 1.16. The quantitative estimate of drug-likeness (QED) is 0.120. The molecule has 0 saturated heterocycles. The summed E-state index contributed by atoms with van der Waals surface area (Å²) in [6.07, 6.45) is 0. The van der Waals surface area contributed by atoms with Crippen LogP contribution in [0.1, 0.15) is 0 Å². The molecule has 14 aromatic carbocycles. The molecule has 0 fully saturated rings. The molecule has 0 heterocycles. The van der Waals surface area contributed by atoms with Crippen LogP contribution in [0.25, 0.3) is 144 Å². The van der Waals surface area contributed by atoms with Crippen molar-refractivity contribution in [2.24, 2.45) is 0 Å². The minimum absolute atomic E-state index is 1.16. The highest BCUT2D eigenvalue weighted by atomic mass is 14.3. The number of hydrogen-bond donors (Lipinski definition) is 0. The van der Waals surface area contributed by atoms with Gasteiger partial charge in [0, 0.05) is 0 Å². The van der Waals surface area contributed by atoms with Gasteiger partial charge in [-0.3, -0.25) is 0 Å². The molecule has 0 aliphatic heterocycles. The molecule has 14 rings (SSSR count). The smallest absolute Gasteiger partial charge is 0.000763 e. The zero-order valence-corrected chi connectivity index (χ0v) is 43.0. The van der Waals surface area contributed by atoms with Gasteiger partial charge >= 0.3 is 0 Å². The van der Waals surface area contributed by atoms with Crippen LogP contribution in [0.4, 0.5) is 0 Å². The molecule has 0 atom stereocenters. The van der Waals surface area contributed by atoms with Crippen LogP contribution < -0.4 is 0 Å². The van der Waals surface area contributed by atoms with Crippen molar-refractivity contribution in [3.8, 4) is 111 Å². The van der Waals surface area contributed by atoms with Gasteiger partial charge in [-0.2, -0.15) is 0 Å². The Morgan fingerprint density at radius 3 is 0.795 bits per heavy atom. The van der Waals surface area contributed by atoms with E-state index in [1.54, 1.807) is 0 Å². The number of hydrogen-bond acceptors (Lipinski definition) is 0. The van der Waals surface area contributed by atoms with Gasteiger partial charge in [-0.25, -0.2) is 0 Å². The molecule has 0 aliphatic rings. The standard InChI is InChI=1S/C78H52/c1-7-19-53(20-8-1)59-31-39-63(40-32-59)71-50-68(58-29-17-6-18-30-58)51-72-76(66-45-37-62(38-46-66)56-25-13-4-14-26-56)78-73(75(77(71)72)65-43-35-61(36-44-65)55-23-11-3-12-24-55)52-69-49-67(57-27-15-5-16-28-57)47-48-70(69)74(78)64-41-33-60(34-42-64)54-21-9-2-10-22-54/h1-52H. The summed E-state index contributed by atoms with van der Waals surface area (Å²) in [5.41, 5.74) is 23.7. The van der Waals surface area contributed by atoms with Gasteiger partial charge in [0.15, 0.2) is 0 Å². The average molecular weight is 989 g/mol. The minimum Gasteiger partial charge on any atom is -0.0622 e. The number of rotatable bonds is 10. The van der Waals surface area contributed by atoms with Crippen molar-refractivity contribution < 1.29 is 0 Å². The van der Waals surface area contributed by atoms with Gasteiger partial charge < -0.3 is 0 Å². The van der Waals surface area contributed by atoms with E-state index in [0.29, 0.717) is 0 Å². The summed E-state index contributed by atoms with van der Waals surface area (Å²) in [5.74, 6) is 0. The van der Waals surface area contributed by atoms with Gasteiger partial charge in [0.05, 0.1) is 0 Å². The largest absolute Gasteiger partial charge is 0.0622 e. The zero-order chi connectivity index (χ0) is 51.8. The molecule has 0 aromatic heterocycles. The Hall–Kier alpha value is -10.1. The molecular weight excluding hydrogens is 937 g/mol. The summed E-state index contributed by atoms with van der Waals surface area (Å²) in [4.78, 5) is 0. The fourth-order valence-electron chi connectivity index (χ4n) is 11.8. The summed E-state index contributed by atoms with van der Waals surface area (Å²) in [6, 6.07) is 116. The first-order chi connectivity index (χ1) is 38.7. The van der Waals surface area contributed by atoms with E-state index in [0.717, 1.165) is 16.7 Å². The van der Waals surface area contributed by atoms with Crippen molar-refractivity contribution in [1.82, 2.24) is 0 Å². The van der Waals surface area contributed by atoms with Crippen LogP contribution >= 0.6 is 0 Å². The lowest BCUT2D eigenvalue weighted by Crippen LogP contribution is -1.98.